The smallest absolute Gasteiger partial charge is 0.136 e. The molecule has 14 heavy (non-hydrogen) atoms. The van der Waals surface area contributed by atoms with Crippen LogP contribution in [0.5, 0.6) is 5.75 Å². The zero-order chi connectivity index (χ0) is 10.1. The highest BCUT2D eigenvalue weighted by molar-refractivity contribution is 14.1. The van der Waals surface area contributed by atoms with Gasteiger partial charge < -0.3 is 4.74 Å². The second-order valence-electron chi connectivity index (χ2n) is 4.05. The molecule has 0 saturated carbocycles. The summed E-state index contributed by atoms with van der Waals surface area (Å²) in [4.78, 5) is 0. The van der Waals surface area contributed by atoms with Crippen molar-refractivity contribution in [3.63, 3.8) is 0 Å². The van der Waals surface area contributed by atoms with E-state index in [4.69, 9.17) is 4.74 Å². The van der Waals surface area contributed by atoms with Gasteiger partial charge in [0.15, 0.2) is 0 Å². The highest BCUT2D eigenvalue weighted by atomic mass is 127. The van der Waals surface area contributed by atoms with Crippen LogP contribution in [-0.2, 0) is 6.42 Å². The summed E-state index contributed by atoms with van der Waals surface area (Å²) in [5.41, 5.74) is 2.90. The van der Waals surface area contributed by atoms with Gasteiger partial charge in [-0.1, -0.05) is 19.9 Å². The van der Waals surface area contributed by atoms with E-state index in [2.05, 4.69) is 48.6 Å². The van der Waals surface area contributed by atoms with E-state index < -0.39 is 0 Å². The lowest BCUT2D eigenvalue weighted by atomic mass is 9.93. The van der Waals surface area contributed by atoms with E-state index in [1.165, 1.54) is 21.1 Å². The summed E-state index contributed by atoms with van der Waals surface area (Å²) in [6, 6.07) is 4.42. The fraction of sp³-hybridized carbons (Fsp3) is 0.500. The third-order valence-electron chi connectivity index (χ3n) is 2.69. The lowest BCUT2D eigenvalue weighted by Gasteiger charge is -2.23. The first kappa shape index (κ1) is 10.3. The molecular formula is C12H15IO. The van der Waals surface area contributed by atoms with E-state index in [1.54, 1.807) is 0 Å². The molecule has 1 aromatic carbocycles. The van der Waals surface area contributed by atoms with Gasteiger partial charge in [-0.25, -0.2) is 0 Å². The predicted molar refractivity (Wildman–Crippen MR) is 67.1 cm³/mol. The second kappa shape index (κ2) is 4.09. The number of fused-ring (bicyclic) bond motifs is 1. The molecular weight excluding hydrogens is 287 g/mol. The van der Waals surface area contributed by atoms with Crippen molar-refractivity contribution in [1.82, 2.24) is 0 Å². The largest absolute Gasteiger partial charge is 0.492 e. The molecule has 1 heterocycles. The van der Waals surface area contributed by atoms with Gasteiger partial charge in [0.1, 0.15) is 5.75 Å². The third-order valence-corrected chi connectivity index (χ3v) is 3.54. The van der Waals surface area contributed by atoms with Gasteiger partial charge in [0.05, 0.1) is 10.2 Å². The molecule has 0 aliphatic carbocycles. The lowest BCUT2D eigenvalue weighted by Crippen LogP contribution is -2.12. The first-order chi connectivity index (χ1) is 6.70. The van der Waals surface area contributed by atoms with Gasteiger partial charge in [-0.3, -0.25) is 0 Å². The van der Waals surface area contributed by atoms with Crippen LogP contribution < -0.4 is 4.74 Å². The molecule has 1 aliphatic heterocycles. The van der Waals surface area contributed by atoms with Gasteiger partial charge in [0, 0.05) is 0 Å². The number of halogens is 1. The molecule has 0 radical (unpaired) electrons. The molecule has 0 amide bonds. The Bertz CT molecular complexity index is 344. The average molecular weight is 302 g/mol. The fourth-order valence-corrected chi connectivity index (χ4v) is 2.65. The standard InChI is InChI=1S/C12H15IO/c1-8(2)9-5-6-11(13)12-10(9)4-3-7-14-12/h5-6,8H,3-4,7H2,1-2H3. The van der Waals surface area contributed by atoms with Crippen molar-refractivity contribution in [1.29, 1.82) is 0 Å². The number of ether oxygens (including phenoxy) is 1. The summed E-state index contributed by atoms with van der Waals surface area (Å²) in [6.07, 6.45) is 2.34. The summed E-state index contributed by atoms with van der Waals surface area (Å²) >= 11 is 2.36. The van der Waals surface area contributed by atoms with Gasteiger partial charge in [-0.05, 0) is 58.5 Å². The number of rotatable bonds is 1. The van der Waals surface area contributed by atoms with Crippen LogP contribution in [0.1, 0.15) is 37.3 Å². The fourth-order valence-electron chi connectivity index (χ4n) is 1.99. The van der Waals surface area contributed by atoms with E-state index in [-0.39, 0.29) is 0 Å². The molecule has 76 valence electrons. The number of hydrogen-bond acceptors (Lipinski definition) is 1. The molecule has 0 bridgehead atoms. The molecule has 0 unspecified atom stereocenters. The van der Waals surface area contributed by atoms with Crippen LogP contribution in [-0.4, -0.2) is 6.61 Å². The van der Waals surface area contributed by atoms with Crippen LogP contribution in [0.4, 0.5) is 0 Å². The van der Waals surface area contributed by atoms with E-state index in [0.29, 0.717) is 5.92 Å². The second-order valence-corrected chi connectivity index (χ2v) is 5.21. The molecule has 0 spiro atoms. The van der Waals surface area contributed by atoms with Crippen LogP contribution in [0.3, 0.4) is 0 Å². The third kappa shape index (κ3) is 1.76. The Hall–Kier alpha value is -0.250. The molecule has 0 saturated heterocycles. The highest BCUT2D eigenvalue weighted by Crippen LogP contribution is 2.35. The minimum Gasteiger partial charge on any atom is -0.492 e. The van der Waals surface area contributed by atoms with E-state index in [9.17, 15) is 0 Å². The van der Waals surface area contributed by atoms with Gasteiger partial charge in [-0.2, -0.15) is 0 Å². The molecule has 0 atom stereocenters. The SMILES string of the molecule is CC(C)c1ccc(I)c2c1CCCO2. The van der Waals surface area contributed by atoms with Crippen molar-refractivity contribution in [2.75, 3.05) is 6.61 Å². The minimum absolute atomic E-state index is 0.599. The lowest BCUT2D eigenvalue weighted by molar-refractivity contribution is 0.285. The van der Waals surface area contributed by atoms with E-state index in [1.807, 2.05) is 0 Å². The maximum Gasteiger partial charge on any atom is 0.136 e. The molecule has 2 rings (SSSR count). The summed E-state index contributed by atoms with van der Waals surface area (Å²) < 4.78 is 6.99. The van der Waals surface area contributed by atoms with Gasteiger partial charge in [-0.15, -0.1) is 0 Å². The summed E-state index contributed by atoms with van der Waals surface area (Å²) in [7, 11) is 0. The minimum atomic E-state index is 0.599. The molecule has 0 N–H and O–H groups in total. The van der Waals surface area contributed by atoms with Crippen LogP contribution in [0.25, 0.3) is 0 Å². The van der Waals surface area contributed by atoms with Crippen LogP contribution in [0, 0.1) is 3.57 Å². The van der Waals surface area contributed by atoms with Crippen LogP contribution >= 0.6 is 22.6 Å². The predicted octanol–water partition coefficient (Wildman–Crippen LogP) is 3.74. The zero-order valence-corrected chi connectivity index (χ0v) is 10.8. The maximum atomic E-state index is 5.74. The van der Waals surface area contributed by atoms with Crippen molar-refractivity contribution < 1.29 is 4.74 Å². The highest BCUT2D eigenvalue weighted by Gasteiger charge is 2.18. The molecule has 1 aliphatic rings. The Balaban J connectivity index is 2.53. The van der Waals surface area contributed by atoms with Gasteiger partial charge >= 0.3 is 0 Å². The molecule has 1 aromatic rings. The van der Waals surface area contributed by atoms with E-state index >= 15 is 0 Å². The van der Waals surface area contributed by atoms with Gasteiger partial charge in [0.2, 0.25) is 0 Å². The summed E-state index contributed by atoms with van der Waals surface area (Å²) in [5, 5.41) is 0. The summed E-state index contributed by atoms with van der Waals surface area (Å²) in [6.45, 7) is 5.37. The first-order valence-corrected chi connectivity index (χ1v) is 6.22. The van der Waals surface area contributed by atoms with Crippen molar-refractivity contribution >= 4 is 22.6 Å². The number of benzene rings is 1. The van der Waals surface area contributed by atoms with Crippen molar-refractivity contribution in [3.8, 4) is 5.75 Å². The molecule has 2 heteroatoms. The molecule has 0 aromatic heterocycles. The summed E-state index contributed by atoms with van der Waals surface area (Å²) in [5.74, 6) is 1.74. The van der Waals surface area contributed by atoms with Crippen molar-refractivity contribution in [2.45, 2.75) is 32.6 Å². The molecule has 1 nitrogen and oxygen atoms in total. The Kier molecular flexibility index (Phi) is 3.00. The zero-order valence-electron chi connectivity index (χ0n) is 8.64. The monoisotopic (exact) mass is 302 g/mol. The van der Waals surface area contributed by atoms with Crippen molar-refractivity contribution in [2.24, 2.45) is 0 Å². The topological polar surface area (TPSA) is 9.23 Å². The van der Waals surface area contributed by atoms with Crippen LogP contribution in [0.15, 0.2) is 12.1 Å². The van der Waals surface area contributed by atoms with E-state index in [0.717, 1.165) is 18.8 Å². The average Bonchev–Trinajstić information content (AvgIpc) is 2.18. The Labute approximate surface area is 99.0 Å². The number of hydrogen-bond donors (Lipinski definition) is 0. The van der Waals surface area contributed by atoms with Crippen LogP contribution in [0.2, 0.25) is 0 Å². The molecule has 0 fully saturated rings. The Morgan fingerprint density at radius 2 is 2.14 bits per heavy atom. The Morgan fingerprint density at radius 3 is 2.86 bits per heavy atom. The maximum absolute atomic E-state index is 5.74. The normalized spacial score (nSPS) is 15.1. The van der Waals surface area contributed by atoms with Gasteiger partial charge in [0.25, 0.3) is 0 Å². The first-order valence-electron chi connectivity index (χ1n) is 5.14. The quantitative estimate of drug-likeness (QED) is 0.718. The van der Waals surface area contributed by atoms with Crippen molar-refractivity contribution in [3.05, 3.63) is 26.8 Å². The Morgan fingerprint density at radius 1 is 1.36 bits per heavy atom.